The fourth-order valence-electron chi connectivity index (χ4n) is 3.79. The van der Waals surface area contributed by atoms with Crippen LogP contribution in [0.4, 0.5) is 0 Å². The Bertz CT molecular complexity index is 423. The predicted octanol–water partition coefficient (Wildman–Crippen LogP) is 7.49. The van der Waals surface area contributed by atoms with Crippen LogP contribution in [0.25, 0.3) is 0 Å². The molecule has 0 saturated carbocycles. The second kappa shape index (κ2) is 25.8. The van der Waals surface area contributed by atoms with Crippen molar-refractivity contribution in [1.29, 1.82) is 0 Å². The summed E-state index contributed by atoms with van der Waals surface area (Å²) in [4.78, 5) is 10.0. The Labute approximate surface area is 220 Å². The molecule has 0 aliphatic rings. The average molecular weight is 523 g/mol. The lowest BCUT2D eigenvalue weighted by atomic mass is 10.0. The molecule has 0 spiro atoms. The van der Waals surface area contributed by atoms with E-state index in [0.29, 0.717) is 26.4 Å². The van der Waals surface area contributed by atoms with Crippen molar-refractivity contribution >= 4 is 8.60 Å². The molecule has 6 nitrogen and oxygen atoms in total. The molecule has 0 heterocycles. The fourth-order valence-corrected chi connectivity index (χ4v) is 4.44. The first-order valence-corrected chi connectivity index (χ1v) is 15.7. The molecule has 0 fully saturated rings. The first kappa shape index (κ1) is 35.2. The number of unbranched alkanes of at least 4 members (excludes halogenated alkanes) is 13. The maximum Gasteiger partial charge on any atom is 0.330 e. The van der Waals surface area contributed by atoms with E-state index in [-0.39, 0.29) is 5.92 Å². The number of likely N-dealkylation sites (N-methyl/N-ethyl adjacent to an activating group) is 1. The van der Waals surface area contributed by atoms with Crippen LogP contribution in [0.3, 0.4) is 0 Å². The Morgan fingerprint density at radius 2 is 1.06 bits per heavy atom. The molecule has 0 amide bonds. The standard InChI is InChI=1S/C28H61NO5P/c1-6-8-9-10-11-12-13-14-15-16-17-18-19-20-23-32-26-28(25-31-22-7-2)27-34-35(30)33-24-21-29(3,4)5/h28,30H,6-27H2,1-5H3/q+1. The highest BCUT2D eigenvalue weighted by Gasteiger charge is 2.16. The predicted molar refractivity (Wildman–Crippen MR) is 150 cm³/mol. The molecular formula is C28H61NO5P+. The lowest BCUT2D eigenvalue weighted by molar-refractivity contribution is -0.870. The van der Waals surface area contributed by atoms with E-state index in [1.807, 2.05) is 0 Å². The summed E-state index contributed by atoms with van der Waals surface area (Å²) in [5, 5.41) is 0. The molecule has 2 atom stereocenters. The first-order valence-electron chi connectivity index (χ1n) is 14.6. The van der Waals surface area contributed by atoms with Crippen LogP contribution in [0.1, 0.15) is 110 Å². The highest BCUT2D eigenvalue weighted by atomic mass is 31.2. The monoisotopic (exact) mass is 522 g/mol. The summed E-state index contributed by atoms with van der Waals surface area (Å²) in [6.45, 7) is 8.82. The number of nitrogens with zero attached hydrogens (tertiary/aromatic N) is 1. The minimum atomic E-state index is -1.85. The van der Waals surface area contributed by atoms with Gasteiger partial charge in [-0.1, -0.05) is 97.3 Å². The molecule has 0 aromatic carbocycles. The first-order chi connectivity index (χ1) is 16.9. The minimum absolute atomic E-state index is 0.118. The lowest BCUT2D eigenvalue weighted by Gasteiger charge is -2.24. The Kier molecular flexibility index (Phi) is 26.0. The maximum absolute atomic E-state index is 10.0. The molecule has 212 valence electrons. The summed E-state index contributed by atoms with van der Waals surface area (Å²) in [5.41, 5.74) is 0. The summed E-state index contributed by atoms with van der Waals surface area (Å²) in [5.74, 6) is 0.118. The van der Waals surface area contributed by atoms with Gasteiger partial charge in [0.05, 0.1) is 41.0 Å². The van der Waals surface area contributed by atoms with Crippen molar-refractivity contribution < 1.29 is 27.9 Å². The van der Waals surface area contributed by atoms with Crippen molar-refractivity contribution in [3.05, 3.63) is 0 Å². The molecule has 35 heavy (non-hydrogen) atoms. The van der Waals surface area contributed by atoms with E-state index >= 15 is 0 Å². The van der Waals surface area contributed by atoms with Crippen LogP contribution in [-0.2, 0) is 18.5 Å². The van der Waals surface area contributed by atoms with Crippen molar-refractivity contribution in [1.82, 2.24) is 0 Å². The van der Waals surface area contributed by atoms with Gasteiger partial charge in [0.2, 0.25) is 0 Å². The molecule has 1 N–H and O–H groups in total. The van der Waals surface area contributed by atoms with E-state index in [1.54, 1.807) is 0 Å². The Morgan fingerprint density at radius 3 is 1.54 bits per heavy atom. The molecule has 0 aliphatic heterocycles. The lowest BCUT2D eigenvalue weighted by Crippen LogP contribution is -2.37. The van der Waals surface area contributed by atoms with Crippen molar-refractivity contribution in [2.45, 2.75) is 110 Å². The highest BCUT2D eigenvalue weighted by molar-refractivity contribution is 7.40. The summed E-state index contributed by atoms with van der Waals surface area (Å²) in [7, 11) is 4.45. The number of hydrogen-bond acceptors (Lipinski definition) is 5. The topological polar surface area (TPSA) is 57.2 Å². The van der Waals surface area contributed by atoms with E-state index in [9.17, 15) is 4.89 Å². The molecule has 0 radical (unpaired) electrons. The normalized spacial score (nSPS) is 13.9. The van der Waals surface area contributed by atoms with Crippen molar-refractivity contribution in [2.75, 3.05) is 67.3 Å². The Balaban J connectivity index is 3.69. The molecule has 2 unspecified atom stereocenters. The van der Waals surface area contributed by atoms with Gasteiger partial charge < -0.3 is 27.9 Å². The molecule has 0 aromatic heterocycles. The number of ether oxygens (including phenoxy) is 2. The summed E-state index contributed by atoms with van der Waals surface area (Å²) >= 11 is 0. The third-order valence-electron chi connectivity index (χ3n) is 6.08. The van der Waals surface area contributed by atoms with Gasteiger partial charge in [0, 0.05) is 19.1 Å². The highest BCUT2D eigenvalue weighted by Crippen LogP contribution is 2.33. The molecule has 0 aromatic rings. The second-order valence-corrected chi connectivity index (χ2v) is 12.0. The molecule has 0 aliphatic carbocycles. The molecule has 0 bridgehead atoms. The smallest absolute Gasteiger partial charge is 0.330 e. The van der Waals surface area contributed by atoms with Crippen LogP contribution >= 0.6 is 8.60 Å². The van der Waals surface area contributed by atoms with Crippen molar-refractivity contribution in [3.8, 4) is 0 Å². The quantitative estimate of drug-likeness (QED) is 0.0655. The van der Waals surface area contributed by atoms with Crippen molar-refractivity contribution in [3.63, 3.8) is 0 Å². The zero-order valence-corrected chi connectivity index (χ0v) is 25.0. The van der Waals surface area contributed by atoms with Crippen LogP contribution in [0.2, 0.25) is 0 Å². The molecular weight excluding hydrogens is 461 g/mol. The molecule has 7 heteroatoms. The molecule has 0 rings (SSSR count). The van der Waals surface area contributed by atoms with Gasteiger partial charge in [-0.2, -0.15) is 0 Å². The van der Waals surface area contributed by atoms with Gasteiger partial charge in [-0.25, -0.2) is 0 Å². The van der Waals surface area contributed by atoms with Gasteiger partial charge in [0.15, 0.2) is 0 Å². The van der Waals surface area contributed by atoms with E-state index in [4.69, 9.17) is 18.5 Å². The zero-order chi connectivity index (χ0) is 26.0. The number of rotatable bonds is 28. The van der Waals surface area contributed by atoms with Gasteiger partial charge >= 0.3 is 8.60 Å². The Hall–Kier alpha value is 0.190. The zero-order valence-electron chi connectivity index (χ0n) is 24.1. The molecule has 0 saturated heterocycles. The maximum atomic E-state index is 10.0. The van der Waals surface area contributed by atoms with Crippen LogP contribution in [0.5, 0.6) is 0 Å². The van der Waals surface area contributed by atoms with Gasteiger partial charge in [0.25, 0.3) is 0 Å². The number of quaternary nitrogens is 1. The summed E-state index contributed by atoms with van der Waals surface area (Å²) in [6.07, 6.45) is 20.1. The van der Waals surface area contributed by atoms with Crippen LogP contribution in [0.15, 0.2) is 0 Å². The number of hydrogen-bond donors (Lipinski definition) is 1. The Morgan fingerprint density at radius 1 is 0.571 bits per heavy atom. The fraction of sp³-hybridized carbons (Fsp3) is 1.00. The third kappa shape index (κ3) is 28.6. The minimum Gasteiger partial charge on any atom is -0.381 e. The summed E-state index contributed by atoms with van der Waals surface area (Å²) < 4.78 is 23.4. The van der Waals surface area contributed by atoms with E-state index < -0.39 is 8.60 Å². The average Bonchev–Trinajstić information content (AvgIpc) is 2.81. The van der Waals surface area contributed by atoms with Crippen molar-refractivity contribution in [2.24, 2.45) is 5.92 Å². The van der Waals surface area contributed by atoms with Gasteiger partial charge in [-0.3, -0.25) is 0 Å². The van der Waals surface area contributed by atoms with Gasteiger partial charge in [-0.05, 0) is 12.8 Å². The second-order valence-electron chi connectivity index (χ2n) is 11.0. The summed E-state index contributed by atoms with van der Waals surface area (Å²) in [6, 6.07) is 0. The van der Waals surface area contributed by atoms with E-state index in [2.05, 4.69) is 35.0 Å². The van der Waals surface area contributed by atoms with Gasteiger partial charge in [-0.15, -0.1) is 0 Å². The van der Waals surface area contributed by atoms with Gasteiger partial charge in [0.1, 0.15) is 13.2 Å². The van der Waals surface area contributed by atoms with Crippen LogP contribution in [0, 0.1) is 5.92 Å². The van der Waals surface area contributed by atoms with Crippen LogP contribution in [-0.4, -0.2) is 76.7 Å². The van der Waals surface area contributed by atoms with E-state index in [1.165, 1.54) is 83.5 Å². The third-order valence-corrected chi connectivity index (χ3v) is 6.86. The van der Waals surface area contributed by atoms with Crippen LogP contribution < -0.4 is 0 Å². The van der Waals surface area contributed by atoms with E-state index in [0.717, 1.165) is 37.1 Å². The largest absolute Gasteiger partial charge is 0.381 e. The SMILES string of the molecule is CCCCCCCCCCCCCCCCOCC(COCCC)COP(O)OCC[N+](C)(C)C.